The predicted octanol–water partition coefficient (Wildman–Crippen LogP) is 0.661. The van der Waals surface area contributed by atoms with Crippen LogP contribution in [0.4, 0.5) is 0 Å². The Hall–Kier alpha value is -2.89. The zero-order valence-electron chi connectivity index (χ0n) is 10.3. The summed E-state index contributed by atoms with van der Waals surface area (Å²) in [5.74, 6) is -1.12. The molecule has 0 aliphatic carbocycles. The lowest BCUT2D eigenvalue weighted by atomic mass is 10.1. The summed E-state index contributed by atoms with van der Waals surface area (Å²) in [6.45, 7) is 0. The second kappa shape index (κ2) is 5.83. The first kappa shape index (κ1) is 13.5. The molecule has 1 aromatic heterocycles. The van der Waals surface area contributed by atoms with Crippen molar-refractivity contribution >= 4 is 12.2 Å². The van der Waals surface area contributed by atoms with E-state index in [1.165, 1.54) is 0 Å². The molecule has 1 atom stereocenters. The highest BCUT2D eigenvalue weighted by molar-refractivity contribution is 5.94. The number of rotatable bonds is 4. The molecule has 1 heterocycles. The van der Waals surface area contributed by atoms with E-state index in [2.05, 4.69) is 10.3 Å². The second-order valence-corrected chi connectivity index (χ2v) is 4.03. The summed E-state index contributed by atoms with van der Waals surface area (Å²) in [6, 6.07) is 8.62. The number of pyridine rings is 1. The van der Waals surface area contributed by atoms with Crippen LogP contribution in [-0.4, -0.2) is 22.3 Å². The van der Waals surface area contributed by atoms with Gasteiger partial charge in [-0.15, -0.1) is 0 Å². The van der Waals surface area contributed by atoms with E-state index in [-0.39, 0.29) is 5.69 Å². The molecule has 6 heteroatoms. The van der Waals surface area contributed by atoms with Crippen molar-refractivity contribution in [3.05, 3.63) is 64.1 Å². The lowest BCUT2D eigenvalue weighted by Gasteiger charge is -2.12. The van der Waals surface area contributed by atoms with Crippen molar-refractivity contribution in [1.82, 2.24) is 10.3 Å². The van der Waals surface area contributed by atoms with Crippen LogP contribution in [0, 0.1) is 0 Å². The third kappa shape index (κ3) is 2.92. The molecule has 1 radical (unpaired) electrons. The molecule has 3 N–H and O–H groups in total. The van der Waals surface area contributed by atoms with Gasteiger partial charge in [0.1, 0.15) is 11.7 Å². The maximum atomic E-state index is 11.9. The molecule has 2 rings (SSSR count). The zero-order valence-corrected chi connectivity index (χ0v) is 10.3. The number of amides is 1. The van der Waals surface area contributed by atoms with Gasteiger partial charge in [-0.3, -0.25) is 14.4 Å². The van der Waals surface area contributed by atoms with E-state index in [0.717, 1.165) is 12.3 Å². The molecule has 6 nitrogen and oxygen atoms in total. The van der Waals surface area contributed by atoms with Crippen LogP contribution in [0.3, 0.4) is 0 Å². The number of aromatic hydroxyl groups is 1. The number of H-pyrrole nitrogens is 1. The van der Waals surface area contributed by atoms with Gasteiger partial charge in [0.05, 0.1) is 0 Å². The van der Waals surface area contributed by atoms with Crippen LogP contribution in [0.5, 0.6) is 5.75 Å². The number of nitrogens with one attached hydrogen (secondary N) is 2. The summed E-state index contributed by atoms with van der Waals surface area (Å²) in [5.41, 5.74) is -0.152. The maximum Gasteiger partial charge on any atom is 0.268 e. The van der Waals surface area contributed by atoms with Crippen LogP contribution >= 0.6 is 0 Å². The Bertz CT molecular complexity index is 679. The largest absolute Gasteiger partial charge is 0.503 e. The predicted molar refractivity (Wildman–Crippen MR) is 71.1 cm³/mol. The summed E-state index contributed by atoms with van der Waals surface area (Å²) in [6.07, 6.45) is 2.73. The monoisotopic (exact) mass is 271 g/mol. The first-order valence-corrected chi connectivity index (χ1v) is 5.77. The Balaban J connectivity index is 2.19. The highest BCUT2D eigenvalue weighted by Gasteiger charge is 2.16. The molecular weight excluding hydrogens is 260 g/mol. The number of carbonyl (C=O) groups is 1. The minimum absolute atomic E-state index is 0.0519. The Morgan fingerprint density at radius 2 is 2.00 bits per heavy atom. The molecule has 1 amide bonds. The van der Waals surface area contributed by atoms with Gasteiger partial charge in [0.15, 0.2) is 5.75 Å². The van der Waals surface area contributed by atoms with Gasteiger partial charge in [-0.05, 0) is 5.56 Å². The maximum absolute atomic E-state index is 11.9. The molecule has 0 bridgehead atoms. The molecular formula is C14H11N2O4. The number of benzene rings is 1. The molecule has 20 heavy (non-hydrogen) atoms. The van der Waals surface area contributed by atoms with Gasteiger partial charge < -0.3 is 15.4 Å². The van der Waals surface area contributed by atoms with Crippen molar-refractivity contribution in [2.24, 2.45) is 0 Å². The fourth-order valence-corrected chi connectivity index (χ4v) is 1.63. The molecule has 1 unspecified atom stereocenters. The molecule has 0 saturated carbocycles. The van der Waals surface area contributed by atoms with Gasteiger partial charge in [0.25, 0.3) is 5.91 Å². The van der Waals surface area contributed by atoms with Gasteiger partial charge in [-0.25, -0.2) is 0 Å². The minimum Gasteiger partial charge on any atom is -0.503 e. The minimum atomic E-state index is -0.930. The smallest absolute Gasteiger partial charge is 0.268 e. The van der Waals surface area contributed by atoms with Gasteiger partial charge in [-0.1, -0.05) is 30.3 Å². The van der Waals surface area contributed by atoms with Crippen LogP contribution in [0.1, 0.15) is 22.1 Å². The van der Waals surface area contributed by atoms with E-state index in [0.29, 0.717) is 5.56 Å². The Morgan fingerprint density at radius 3 is 2.60 bits per heavy atom. The average Bonchev–Trinajstić information content (AvgIpc) is 2.48. The summed E-state index contributed by atoms with van der Waals surface area (Å²) in [7, 11) is 0. The van der Waals surface area contributed by atoms with Crippen LogP contribution in [0.15, 0.2) is 47.4 Å². The van der Waals surface area contributed by atoms with Gasteiger partial charge in [-0.2, -0.15) is 0 Å². The fourth-order valence-electron chi connectivity index (χ4n) is 1.63. The summed E-state index contributed by atoms with van der Waals surface area (Å²) < 4.78 is 0. The van der Waals surface area contributed by atoms with E-state index in [9.17, 15) is 14.4 Å². The van der Waals surface area contributed by atoms with E-state index < -0.39 is 23.1 Å². The van der Waals surface area contributed by atoms with Crippen LogP contribution in [0.25, 0.3) is 0 Å². The lowest BCUT2D eigenvalue weighted by Crippen LogP contribution is -2.30. The van der Waals surface area contributed by atoms with Crippen molar-refractivity contribution in [3.8, 4) is 5.75 Å². The molecule has 2 aromatic rings. The molecule has 1 aromatic carbocycles. The third-order valence-corrected chi connectivity index (χ3v) is 2.66. The van der Waals surface area contributed by atoms with Crippen molar-refractivity contribution in [3.63, 3.8) is 0 Å². The molecule has 0 fully saturated rings. The van der Waals surface area contributed by atoms with E-state index in [1.54, 1.807) is 36.6 Å². The number of aromatic amines is 1. The van der Waals surface area contributed by atoms with Crippen LogP contribution in [-0.2, 0) is 4.79 Å². The normalized spacial score (nSPS) is 11.6. The summed E-state index contributed by atoms with van der Waals surface area (Å²) in [5, 5.41) is 11.5. The van der Waals surface area contributed by atoms with Gasteiger partial charge in [0, 0.05) is 12.3 Å². The number of aromatic nitrogens is 1. The van der Waals surface area contributed by atoms with E-state index in [1.807, 2.05) is 0 Å². The van der Waals surface area contributed by atoms with Gasteiger partial charge >= 0.3 is 0 Å². The highest BCUT2D eigenvalue weighted by Crippen LogP contribution is 2.10. The van der Waals surface area contributed by atoms with Crippen molar-refractivity contribution < 1.29 is 14.7 Å². The molecule has 0 aliphatic heterocycles. The first-order chi connectivity index (χ1) is 9.61. The van der Waals surface area contributed by atoms with Crippen LogP contribution in [0.2, 0.25) is 0 Å². The van der Waals surface area contributed by atoms with E-state index >= 15 is 0 Å². The molecule has 101 valence electrons. The molecule has 0 saturated heterocycles. The van der Waals surface area contributed by atoms with Crippen LogP contribution < -0.4 is 10.7 Å². The first-order valence-electron chi connectivity index (χ1n) is 5.77. The number of hydrogen-bond donors (Lipinski definition) is 3. The highest BCUT2D eigenvalue weighted by atomic mass is 16.3. The Labute approximate surface area is 114 Å². The Kier molecular flexibility index (Phi) is 3.95. The molecule has 0 aliphatic rings. The number of hydrogen-bond acceptors (Lipinski definition) is 4. The van der Waals surface area contributed by atoms with Crippen molar-refractivity contribution in [2.45, 2.75) is 6.04 Å². The second-order valence-electron chi connectivity index (χ2n) is 4.03. The fraction of sp³-hybridized carbons (Fsp3) is 0.0714. The quantitative estimate of drug-likeness (QED) is 0.760. The Morgan fingerprint density at radius 1 is 1.30 bits per heavy atom. The zero-order chi connectivity index (χ0) is 14.5. The SMILES string of the molecule is O=[C]C(NC(=O)c1cc(=O)c(O)c[nH]1)c1ccccc1. The standard InChI is InChI=1S/C14H11N2O4/c17-8-11(9-4-2-1-3-5-9)16-14(20)10-6-12(18)13(19)7-15-10/h1-7,11,19H,(H,15,18)(H,16,20). The van der Waals surface area contributed by atoms with Crippen molar-refractivity contribution in [2.75, 3.05) is 0 Å². The number of carbonyl (C=O) groups excluding carboxylic acids is 2. The lowest BCUT2D eigenvalue weighted by molar-refractivity contribution is 0.0941. The van der Waals surface area contributed by atoms with Gasteiger partial charge in [0.2, 0.25) is 11.7 Å². The molecule has 0 spiro atoms. The average molecular weight is 271 g/mol. The summed E-state index contributed by atoms with van der Waals surface area (Å²) >= 11 is 0. The topological polar surface area (TPSA) is 99.3 Å². The third-order valence-electron chi connectivity index (χ3n) is 2.66. The van der Waals surface area contributed by atoms with Crippen molar-refractivity contribution in [1.29, 1.82) is 0 Å². The van der Waals surface area contributed by atoms with E-state index in [4.69, 9.17) is 5.11 Å². The summed E-state index contributed by atoms with van der Waals surface area (Å²) in [4.78, 5) is 36.6.